The Bertz CT molecular complexity index is 441. The van der Waals surface area contributed by atoms with Crippen LogP contribution in [0.15, 0.2) is 29.8 Å². The molecule has 92 valence electrons. The zero-order valence-corrected chi connectivity index (χ0v) is 9.96. The number of hydrogen-bond donors (Lipinski definition) is 2. The van der Waals surface area contributed by atoms with Crippen LogP contribution in [0.2, 0.25) is 0 Å². The summed E-state index contributed by atoms with van der Waals surface area (Å²) in [5.41, 5.74) is 1.98. The van der Waals surface area contributed by atoms with E-state index in [1.54, 1.807) is 26.0 Å². The normalized spacial score (nSPS) is 11.4. The van der Waals surface area contributed by atoms with Gasteiger partial charge in [0.25, 0.3) is 0 Å². The Labute approximate surface area is 100.0 Å². The summed E-state index contributed by atoms with van der Waals surface area (Å²) in [5, 5.41) is 11.9. The molecule has 1 aromatic carbocycles. The summed E-state index contributed by atoms with van der Waals surface area (Å²) in [6, 6.07) is 4.45. The van der Waals surface area contributed by atoms with Crippen molar-refractivity contribution in [2.24, 2.45) is 0 Å². The fourth-order valence-electron chi connectivity index (χ4n) is 1.49. The SMILES string of the molecule is CC/C(=C/CNc1ccc(F)cc1C)C(=O)O. The first-order valence-electron chi connectivity index (χ1n) is 5.47. The smallest absolute Gasteiger partial charge is 0.331 e. The van der Waals surface area contributed by atoms with Crippen molar-refractivity contribution in [1.82, 2.24) is 0 Å². The molecule has 1 aromatic rings. The summed E-state index contributed by atoms with van der Waals surface area (Å²) >= 11 is 0. The van der Waals surface area contributed by atoms with E-state index in [1.165, 1.54) is 12.1 Å². The third kappa shape index (κ3) is 3.90. The highest BCUT2D eigenvalue weighted by Gasteiger charge is 2.03. The maximum atomic E-state index is 12.8. The maximum absolute atomic E-state index is 12.8. The van der Waals surface area contributed by atoms with Crippen LogP contribution in [0.4, 0.5) is 10.1 Å². The van der Waals surface area contributed by atoms with E-state index in [2.05, 4.69) is 5.32 Å². The highest BCUT2D eigenvalue weighted by molar-refractivity contribution is 5.86. The molecule has 0 saturated carbocycles. The topological polar surface area (TPSA) is 49.3 Å². The summed E-state index contributed by atoms with van der Waals surface area (Å²) in [7, 11) is 0. The van der Waals surface area contributed by atoms with Gasteiger partial charge in [-0.2, -0.15) is 0 Å². The molecule has 4 heteroatoms. The average Bonchev–Trinajstić information content (AvgIpc) is 2.26. The van der Waals surface area contributed by atoms with Gasteiger partial charge in [0.2, 0.25) is 0 Å². The first-order valence-corrected chi connectivity index (χ1v) is 5.47. The second kappa shape index (κ2) is 6.03. The fourth-order valence-corrected chi connectivity index (χ4v) is 1.49. The summed E-state index contributed by atoms with van der Waals surface area (Å²) in [6.07, 6.45) is 2.12. The summed E-state index contributed by atoms with van der Waals surface area (Å²) < 4.78 is 12.8. The molecule has 2 N–H and O–H groups in total. The molecular formula is C13H16FNO2. The molecule has 0 unspecified atom stereocenters. The van der Waals surface area contributed by atoms with E-state index < -0.39 is 5.97 Å². The number of carboxylic acid groups (broad SMARTS) is 1. The van der Waals surface area contributed by atoms with Gasteiger partial charge in [-0.05, 0) is 37.1 Å². The van der Waals surface area contributed by atoms with Crippen molar-refractivity contribution in [1.29, 1.82) is 0 Å². The van der Waals surface area contributed by atoms with Crippen LogP contribution in [-0.4, -0.2) is 17.6 Å². The van der Waals surface area contributed by atoms with Gasteiger partial charge in [-0.25, -0.2) is 9.18 Å². The number of hydrogen-bond acceptors (Lipinski definition) is 2. The van der Waals surface area contributed by atoms with Crippen molar-refractivity contribution in [2.45, 2.75) is 20.3 Å². The molecule has 0 aliphatic heterocycles. The van der Waals surface area contributed by atoms with Crippen LogP contribution in [0.25, 0.3) is 0 Å². The van der Waals surface area contributed by atoms with Crippen molar-refractivity contribution in [3.8, 4) is 0 Å². The highest BCUT2D eigenvalue weighted by Crippen LogP contribution is 2.15. The van der Waals surface area contributed by atoms with Gasteiger partial charge in [0, 0.05) is 17.8 Å². The molecule has 0 bridgehead atoms. The third-order valence-corrected chi connectivity index (χ3v) is 2.49. The number of anilines is 1. The molecule has 0 saturated heterocycles. The minimum Gasteiger partial charge on any atom is -0.478 e. The third-order valence-electron chi connectivity index (χ3n) is 2.49. The predicted molar refractivity (Wildman–Crippen MR) is 65.6 cm³/mol. The van der Waals surface area contributed by atoms with Crippen molar-refractivity contribution < 1.29 is 14.3 Å². The van der Waals surface area contributed by atoms with E-state index in [0.29, 0.717) is 18.5 Å². The zero-order chi connectivity index (χ0) is 12.8. The van der Waals surface area contributed by atoms with Gasteiger partial charge in [0.05, 0.1) is 0 Å². The van der Waals surface area contributed by atoms with Crippen molar-refractivity contribution in [3.05, 3.63) is 41.2 Å². The van der Waals surface area contributed by atoms with E-state index in [0.717, 1.165) is 11.3 Å². The Hall–Kier alpha value is -1.84. The number of benzene rings is 1. The van der Waals surface area contributed by atoms with Crippen LogP contribution in [0.1, 0.15) is 18.9 Å². The Kier molecular flexibility index (Phi) is 4.69. The molecule has 0 atom stereocenters. The van der Waals surface area contributed by atoms with E-state index >= 15 is 0 Å². The van der Waals surface area contributed by atoms with Gasteiger partial charge in [-0.1, -0.05) is 13.0 Å². The van der Waals surface area contributed by atoms with E-state index in [4.69, 9.17) is 5.11 Å². The van der Waals surface area contributed by atoms with Gasteiger partial charge < -0.3 is 10.4 Å². The number of carbonyl (C=O) groups is 1. The van der Waals surface area contributed by atoms with Crippen molar-refractivity contribution in [2.75, 3.05) is 11.9 Å². The standard InChI is InChI=1S/C13H16FNO2/c1-3-10(13(16)17)6-7-15-12-5-4-11(14)8-9(12)2/h4-6,8,15H,3,7H2,1-2H3,(H,16,17)/b10-6-. The number of nitrogens with one attached hydrogen (secondary N) is 1. The van der Waals surface area contributed by atoms with Crippen LogP contribution in [0.3, 0.4) is 0 Å². The number of rotatable bonds is 5. The lowest BCUT2D eigenvalue weighted by Crippen LogP contribution is -2.05. The molecule has 0 aliphatic rings. The van der Waals surface area contributed by atoms with Gasteiger partial charge in [-0.15, -0.1) is 0 Å². The van der Waals surface area contributed by atoms with Crippen LogP contribution in [-0.2, 0) is 4.79 Å². The second-order valence-electron chi connectivity index (χ2n) is 3.73. The molecule has 17 heavy (non-hydrogen) atoms. The maximum Gasteiger partial charge on any atom is 0.331 e. The summed E-state index contributed by atoms with van der Waals surface area (Å²) in [6.45, 7) is 4.01. The monoisotopic (exact) mass is 237 g/mol. The fraction of sp³-hybridized carbons (Fsp3) is 0.308. The quantitative estimate of drug-likeness (QED) is 0.774. The van der Waals surface area contributed by atoms with E-state index in [1.807, 2.05) is 0 Å². The lowest BCUT2D eigenvalue weighted by Gasteiger charge is -2.07. The molecule has 3 nitrogen and oxygen atoms in total. The van der Waals surface area contributed by atoms with Gasteiger partial charge in [-0.3, -0.25) is 0 Å². The van der Waals surface area contributed by atoms with Crippen molar-refractivity contribution >= 4 is 11.7 Å². The minimum atomic E-state index is -0.898. The predicted octanol–water partition coefficient (Wildman–Crippen LogP) is 2.97. The lowest BCUT2D eigenvalue weighted by molar-refractivity contribution is -0.132. The Morgan fingerprint density at radius 2 is 2.24 bits per heavy atom. The number of aryl methyl sites for hydroxylation is 1. The van der Waals surface area contributed by atoms with Gasteiger partial charge >= 0.3 is 5.97 Å². The van der Waals surface area contributed by atoms with Crippen LogP contribution >= 0.6 is 0 Å². The summed E-state index contributed by atoms with van der Waals surface area (Å²) in [5.74, 6) is -1.17. The largest absolute Gasteiger partial charge is 0.478 e. The first-order chi connectivity index (χ1) is 8.04. The molecule has 1 rings (SSSR count). The van der Waals surface area contributed by atoms with Gasteiger partial charge in [0.1, 0.15) is 5.82 Å². The molecule has 0 aliphatic carbocycles. The first kappa shape index (κ1) is 13.2. The van der Waals surface area contributed by atoms with Gasteiger partial charge in [0.15, 0.2) is 0 Å². The Morgan fingerprint density at radius 3 is 2.76 bits per heavy atom. The van der Waals surface area contributed by atoms with Crippen LogP contribution < -0.4 is 5.32 Å². The lowest BCUT2D eigenvalue weighted by atomic mass is 10.1. The van der Waals surface area contributed by atoms with E-state index in [9.17, 15) is 9.18 Å². The Balaban J connectivity index is 2.65. The van der Waals surface area contributed by atoms with Crippen LogP contribution in [0, 0.1) is 12.7 Å². The molecule has 0 heterocycles. The Morgan fingerprint density at radius 1 is 1.53 bits per heavy atom. The second-order valence-corrected chi connectivity index (χ2v) is 3.73. The van der Waals surface area contributed by atoms with E-state index in [-0.39, 0.29) is 5.82 Å². The highest BCUT2D eigenvalue weighted by atomic mass is 19.1. The van der Waals surface area contributed by atoms with Crippen molar-refractivity contribution in [3.63, 3.8) is 0 Å². The molecule has 0 radical (unpaired) electrons. The number of carboxylic acids is 1. The number of halogens is 1. The molecule has 0 spiro atoms. The zero-order valence-electron chi connectivity index (χ0n) is 9.96. The summed E-state index contributed by atoms with van der Waals surface area (Å²) in [4.78, 5) is 10.7. The molecule has 0 fully saturated rings. The molecule has 0 amide bonds. The molecular weight excluding hydrogens is 221 g/mol. The molecule has 0 aromatic heterocycles. The van der Waals surface area contributed by atoms with Crippen LogP contribution in [0.5, 0.6) is 0 Å². The minimum absolute atomic E-state index is 0.275. The number of aliphatic carboxylic acids is 1. The average molecular weight is 237 g/mol.